The Morgan fingerprint density at radius 3 is 2.45 bits per heavy atom. The lowest BCUT2D eigenvalue weighted by Gasteiger charge is -2.15. The van der Waals surface area contributed by atoms with Crippen LogP contribution < -0.4 is 14.8 Å². The highest BCUT2D eigenvalue weighted by molar-refractivity contribution is 5.94. The van der Waals surface area contributed by atoms with Gasteiger partial charge in [0.1, 0.15) is 5.75 Å². The smallest absolute Gasteiger partial charge is 0.310 e. The van der Waals surface area contributed by atoms with Crippen LogP contribution in [0.4, 0.5) is 11.4 Å². The number of unbranched alkanes of at least 4 members (excludes halogenated alkanes) is 4. The Kier molecular flexibility index (Phi) is 8.95. The van der Waals surface area contributed by atoms with Crippen molar-refractivity contribution in [2.24, 2.45) is 0 Å². The van der Waals surface area contributed by atoms with Gasteiger partial charge in [-0.25, -0.2) is 0 Å². The van der Waals surface area contributed by atoms with Crippen LogP contribution in [0.1, 0.15) is 46.0 Å². The molecule has 0 bridgehead atoms. The Hall–Kier alpha value is -3.09. The van der Waals surface area contributed by atoms with E-state index in [-0.39, 0.29) is 11.4 Å². The van der Waals surface area contributed by atoms with Crippen LogP contribution in [0, 0.1) is 10.1 Å². The van der Waals surface area contributed by atoms with E-state index in [9.17, 15) is 14.9 Å². The van der Waals surface area contributed by atoms with Gasteiger partial charge < -0.3 is 14.8 Å². The number of para-hydroxylation sites is 2. The van der Waals surface area contributed by atoms with Crippen molar-refractivity contribution in [1.82, 2.24) is 0 Å². The lowest BCUT2D eigenvalue weighted by atomic mass is 10.2. The van der Waals surface area contributed by atoms with Gasteiger partial charge >= 0.3 is 5.69 Å². The molecule has 0 aliphatic rings. The maximum Gasteiger partial charge on any atom is 0.310 e. The summed E-state index contributed by atoms with van der Waals surface area (Å²) in [5.74, 6) is 0.415. The highest BCUT2D eigenvalue weighted by Gasteiger charge is 2.20. The second-order valence-electron chi connectivity index (χ2n) is 6.76. The molecule has 0 saturated heterocycles. The van der Waals surface area contributed by atoms with Gasteiger partial charge in [-0.1, -0.05) is 44.7 Å². The minimum atomic E-state index is -0.893. The molecular weight excluding hydrogens is 372 g/mol. The molecular formula is C22H28N2O5. The third-order valence-electron chi connectivity index (χ3n) is 4.37. The molecule has 0 aliphatic heterocycles. The van der Waals surface area contributed by atoms with Crippen LogP contribution in [0.15, 0.2) is 48.5 Å². The number of nitro benzene ring substituents is 1. The second kappa shape index (κ2) is 11.7. The quantitative estimate of drug-likeness (QED) is 0.295. The molecule has 29 heavy (non-hydrogen) atoms. The maximum absolute atomic E-state index is 12.3. The van der Waals surface area contributed by atoms with Crippen molar-refractivity contribution < 1.29 is 19.2 Å². The first kappa shape index (κ1) is 22.2. The van der Waals surface area contributed by atoms with E-state index in [1.807, 2.05) is 0 Å². The third kappa shape index (κ3) is 7.44. The first-order valence-electron chi connectivity index (χ1n) is 9.95. The number of nitro groups is 1. The molecule has 0 spiro atoms. The molecule has 1 amide bonds. The molecule has 0 radical (unpaired) electrons. The third-order valence-corrected chi connectivity index (χ3v) is 4.37. The number of benzene rings is 2. The summed E-state index contributed by atoms with van der Waals surface area (Å²) in [4.78, 5) is 22.9. The average molecular weight is 400 g/mol. The van der Waals surface area contributed by atoms with Crippen molar-refractivity contribution in [3.05, 3.63) is 58.6 Å². The van der Waals surface area contributed by atoms with Gasteiger partial charge in [0.25, 0.3) is 5.91 Å². The fourth-order valence-corrected chi connectivity index (χ4v) is 2.73. The van der Waals surface area contributed by atoms with E-state index in [0.29, 0.717) is 12.3 Å². The lowest BCUT2D eigenvalue weighted by Crippen LogP contribution is -2.30. The molecule has 1 unspecified atom stereocenters. The van der Waals surface area contributed by atoms with Gasteiger partial charge in [-0.05, 0) is 43.7 Å². The van der Waals surface area contributed by atoms with Crippen LogP contribution in [0.2, 0.25) is 0 Å². The minimum Gasteiger partial charge on any atom is -0.494 e. The van der Waals surface area contributed by atoms with Crippen LogP contribution in [0.5, 0.6) is 11.5 Å². The number of nitrogens with one attached hydrogen (secondary N) is 1. The standard InChI is InChI=1S/C22H28N2O5/c1-3-4-5-6-9-16-28-19-14-12-18(13-15-19)23-22(25)17(2)29-21-11-8-7-10-20(21)24(26)27/h7-8,10-15,17H,3-6,9,16H2,1-2H3,(H,23,25). The van der Waals surface area contributed by atoms with E-state index >= 15 is 0 Å². The van der Waals surface area contributed by atoms with E-state index in [2.05, 4.69) is 12.2 Å². The van der Waals surface area contributed by atoms with Crippen molar-refractivity contribution >= 4 is 17.3 Å². The average Bonchev–Trinajstić information content (AvgIpc) is 2.72. The molecule has 0 fully saturated rings. The number of ether oxygens (including phenoxy) is 2. The molecule has 2 aromatic carbocycles. The van der Waals surface area contributed by atoms with Gasteiger partial charge in [-0.2, -0.15) is 0 Å². The second-order valence-corrected chi connectivity index (χ2v) is 6.76. The summed E-state index contributed by atoms with van der Waals surface area (Å²) < 4.78 is 11.2. The maximum atomic E-state index is 12.3. The molecule has 156 valence electrons. The normalized spacial score (nSPS) is 11.5. The number of carbonyl (C=O) groups is 1. The van der Waals surface area contributed by atoms with Crippen LogP contribution in [0.25, 0.3) is 0 Å². The molecule has 2 aromatic rings. The predicted molar refractivity (Wildman–Crippen MR) is 113 cm³/mol. The van der Waals surface area contributed by atoms with Crippen LogP contribution >= 0.6 is 0 Å². The van der Waals surface area contributed by atoms with Crippen LogP contribution in [-0.2, 0) is 4.79 Å². The van der Waals surface area contributed by atoms with Gasteiger partial charge in [-0.3, -0.25) is 14.9 Å². The lowest BCUT2D eigenvalue weighted by molar-refractivity contribution is -0.386. The van der Waals surface area contributed by atoms with E-state index in [1.54, 1.807) is 43.3 Å². The monoisotopic (exact) mass is 400 g/mol. The highest BCUT2D eigenvalue weighted by atomic mass is 16.6. The number of carbonyl (C=O) groups excluding carboxylic acids is 1. The SMILES string of the molecule is CCCCCCCOc1ccc(NC(=O)C(C)Oc2ccccc2[N+](=O)[O-])cc1. The fourth-order valence-electron chi connectivity index (χ4n) is 2.73. The van der Waals surface area contributed by atoms with E-state index in [0.717, 1.165) is 12.2 Å². The summed E-state index contributed by atoms with van der Waals surface area (Å²) in [5.41, 5.74) is 0.423. The highest BCUT2D eigenvalue weighted by Crippen LogP contribution is 2.27. The molecule has 1 N–H and O–H groups in total. The zero-order chi connectivity index (χ0) is 21.1. The van der Waals surface area contributed by atoms with E-state index in [4.69, 9.17) is 9.47 Å². The Morgan fingerprint density at radius 2 is 1.76 bits per heavy atom. The molecule has 0 aromatic heterocycles. The van der Waals surface area contributed by atoms with Gasteiger partial charge in [0.05, 0.1) is 11.5 Å². The summed E-state index contributed by atoms with van der Waals surface area (Å²) in [7, 11) is 0. The van der Waals surface area contributed by atoms with Crippen LogP contribution in [-0.4, -0.2) is 23.5 Å². The van der Waals surface area contributed by atoms with Gasteiger partial charge in [0.15, 0.2) is 11.9 Å². The largest absolute Gasteiger partial charge is 0.494 e. The number of amides is 1. The van der Waals surface area contributed by atoms with Crippen LogP contribution in [0.3, 0.4) is 0 Å². The molecule has 0 saturated carbocycles. The molecule has 0 heterocycles. The van der Waals surface area contributed by atoms with Crippen molar-refractivity contribution in [2.45, 2.75) is 52.1 Å². The first-order chi connectivity index (χ1) is 14.0. The summed E-state index contributed by atoms with van der Waals surface area (Å²) in [6.45, 7) is 4.41. The summed E-state index contributed by atoms with van der Waals surface area (Å²) >= 11 is 0. The number of hydrogen-bond donors (Lipinski definition) is 1. The molecule has 2 rings (SSSR count). The number of nitrogens with zero attached hydrogens (tertiary/aromatic N) is 1. The van der Waals surface area contributed by atoms with Crippen molar-refractivity contribution in [1.29, 1.82) is 0 Å². The predicted octanol–water partition coefficient (Wildman–Crippen LogP) is 5.35. The summed E-state index contributed by atoms with van der Waals surface area (Å²) in [6.07, 6.45) is 5.01. The van der Waals surface area contributed by atoms with Gasteiger partial charge in [-0.15, -0.1) is 0 Å². The van der Waals surface area contributed by atoms with Crippen molar-refractivity contribution in [3.8, 4) is 11.5 Å². The van der Waals surface area contributed by atoms with E-state index in [1.165, 1.54) is 37.8 Å². The summed E-state index contributed by atoms with van der Waals surface area (Å²) in [6, 6.07) is 13.1. The Labute approximate surface area is 171 Å². The molecule has 7 heteroatoms. The Morgan fingerprint density at radius 1 is 1.07 bits per heavy atom. The van der Waals surface area contributed by atoms with Gasteiger partial charge in [0, 0.05) is 11.8 Å². The first-order valence-corrected chi connectivity index (χ1v) is 9.95. The Balaban J connectivity index is 1.82. The minimum absolute atomic E-state index is 0.0582. The number of rotatable bonds is 12. The molecule has 1 atom stereocenters. The fraction of sp³-hybridized carbons (Fsp3) is 0.409. The Bertz CT molecular complexity index is 792. The number of anilines is 1. The molecule has 7 nitrogen and oxygen atoms in total. The topological polar surface area (TPSA) is 90.7 Å². The zero-order valence-electron chi connectivity index (χ0n) is 16.9. The number of hydrogen-bond acceptors (Lipinski definition) is 5. The van der Waals surface area contributed by atoms with Crippen molar-refractivity contribution in [3.63, 3.8) is 0 Å². The van der Waals surface area contributed by atoms with E-state index < -0.39 is 16.9 Å². The molecule has 0 aliphatic carbocycles. The van der Waals surface area contributed by atoms with Crippen molar-refractivity contribution in [2.75, 3.05) is 11.9 Å². The zero-order valence-corrected chi connectivity index (χ0v) is 16.9. The van der Waals surface area contributed by atoms with Gasteiger partial charge in [0.2, 0.25) is 0 Å². The summed E-state index contributed by atoms with van der Waals surface area (Å²) in [5, 5.41) is 13.8.